The Kier molecular flexibility index (Phi) is 5.95. The Morgan fingerprint density at radius 2 is 2.05 bits per heavy atom. The molecule has 0 saturated heterocycles. The normalized spacial score (nSPS) is 10.3. The van der Waals surface area contributed by atoms with E-state index in [4.69, 9.17) is 5.11 Å². The lowest BCUT2D eigenvalue weighted by Gasteiger charge is -2.09. The summed E-state index contributed by atoms with van der Waals surface area (Å²) in [6, 6.07) is 3.21. The standard InChI is InChI=1S/C13H15BrFNO3/c1-8-5-6-9(14)12(15)11(8)13(19)16-7-3-2-4-10(17)18/h5-6H,2-4,7H2,1H3,(H,16,19)(H,17,18). The van der Waals surface area contributed by atoms with Gasteiger partial charge in [0, 0.05) is 13.0 Å². The Morgan fingerprint density at radius 3 is 2.68 bits per heavy atom. The molecular weight excluding hydrogens is 317 g/mol. The molecule has 0 aliphatic rings. The number of rotatable bonds is 6. The molecule has 2 N–H and O–H groups in total. The number of hydrogen-bond acceptors (Lipinski definition) is 2. The fraction of sp³-hybridized carbons (Fsp3) is 0.385. The zero-order valence-electron chi connectivity index (χ0n) is 10.5. The highest BCUT2D eigenvalue weighted by molar-refractivity contribution is 9.10. The van der Waals surface area contributed by atoms with Gasteiger partial charge in [-0.25, -0.2) is 4.39 Å². The fourth-order valence-corrected chi connectivity index (χ4v) is 1.95. The van der Waals surface area contributed by atoms with Crippen molar-refractivity contribution in [3.8, 4) is 0 Å². The van der Waals surface area contributed by atoms with Gasteiger partial charge in [0.15, 0.2) is 0 Å². The number of halogens is 2. The van der Waals surface area contributed by atoms with Gasteiger partial charge in [0.25, 0.3) is 5.91 Å². The van der Waals surface area contributed by atoms with Crippen molar-refractivity contribution in [3.05, 3.63) is 33.5 Å². The summed E-state index contributed by atoms with van der Waals surface area (Å²) in [5.41, 5.74) is 0.580. The molecule has 0 heterocycles. The quantitative estimate of drug-likeness (QED) is 0.787. The van der Waals surface area contributed by atoms with Crippen molar-refractivity contribution < 1.29 is 19.1 Å². The Balaban J connectivity index is 2.55. The summed E-state index contributed by atoms with van der Waals surface area (Å²) in [5.74, 6) is -1.92. The molecule has 0 aromatic heterocycles. The zero-order valence-corrected chi connectivity index (χ0v) is 12.1. The molecule has 0 radical (unpaired) electrons. The first-order valence-corrected chi connectivity index (χ1v) is 6.67. The van der Waals surface area contributed by atoms with Gasteiger partial charge in [-0.2, -0.15) is 0 Å². The van der Waals surface area contributed by atoms with Crippen LogP contribution in [0.15, 0.2) is 16.6 Å². The molecule has 6 heteroatoms. The van der Waals surface area contributed by atoms with E-state index < -0.39 is 17.7 Å². The first kappa shape index (κ1) is 15.6. The largest absolute Gasteiger partial charge is 0.481 e. The van der Waals surface area contributed by atoms with Gasteiger partial charge in [0.2, 0.25) is 0 Å². The van der Waals surface area contributed by atoms with Crippen molar-refractivity contribution in [1.29, 1.82) is 0 Å². The van der Waals surface area contributed by atoms with Gasteiger partial charge >= 0.3 is 5.97 Å². The molecular formula is C13H15BrFNO3. The van der Waals surface area contributed by atoms with Crippen LogP contribution < -0.4 is 5.32 Å². The Hall–Kier alpha value is -1.43. The molecule has 0 aliphatic heterocycles. The van der Waals surface area contributed by atoms with E-state index in [2.05, 4.69) is 21.2 Å². The van der Waals surface area contributed by atoms with E-state index in [0.717, 1.165) is 0 Å². The second-order valence-corrected chi connectivity index (χ2v) is 5.01. The van der Waals surface area contributed by atoms with Crippen molar-refractivity contribution in [3.63, 3.8) is 0 Å². The minimum absolute atomic E-state index is 0.0209. The average molecular weight is 332 g/mol. The molecule has 104 valence electrons. The summed E-state index contributed by atoms with van der Waals surface area (Å²) in [7, 11) is 0. The van der Waals surface area contributed by atoms with Gasteiger partial charge < -0.3 is 10.4 Å². The van der Waals surface area contributed by atoms with Gasteiger partial charge in [-0.15, -0.1) is 0 Å². The molecule has 0 bridgehead atoms. The summed E-state index contributed by atoms with van der Waals surface area (Å²) in [6.45, 7) is 1.99. The summed E-state index contributed by atoms with van der Waals surface area (Å²) >= 11 is 3.04. The number of unbranched alkanes of at least 4 members (excludes halogenated alkanes) is 1. The third kappa shape index (κ3) is 4.63. The molecule has 0 aliphatic carbocycles. The Labute approximate surface area is 119 Å². The topological polar surface area (TPSA) is 66.4 Å². The molecule has 0 fully saturated rings. The van der Waals surface area contributed by atoms with Crippen LogP contribution in [0.1, 0.15) is 35.2 Å². The number of amides is 1. The van der Waals surface area contributed by atoms with Crippen LogP contribution in [0.4, 0.5) is 4.39 Å². The molecule has 0 spiro atoms. The van der Waals surface area contributed by atoms with E-state index in [0.29, 0.717) is 24.9 Å². The molecule has 4 nitrogen and oxygen atoms in total. The minimum atomic E-state index is -0.861. The number of carboxylic acid groups (broad SMARTS) is 1. The second-order valence-electron chi connectivity index (χ2n) is 4.16. The van der Waals surface area contributed by atoms with Crippen LogP contribution in [-0.4, -0.2) is 23.5 Å². The fourth-order valence-electron chi connectivity index (χ4n) is 1.62. The number of hydrogen-bond donors (Lipinski definition) is 2. The van der Waals surface area contributed by atoms with E-state index in [1.54, 1.807) is 19.1 Å². The number of carboxylic acids is 1. The zero-order chi connectivity index (χ0) is 14.4. The highest BCUT2D eigenvalue weighted by Gasteiger charge is 2.16. The molecule has 1 aromatic carbocycles. The highest BCUT2D eigenvalue weighted by atomic mass is 79.9. The van der Waals surface area contributed by atoms with Gasteiger partial charge in [0.05, 0.1) is 10.0 Å². The number of carbonyl (C=O) groups excluding carboxylic acids is 1. The Morgan fingerprint density at radius 1 is 1.37 bits per heavy atom. The molecule has 1 amide bonds. The predicted octanol–water partition coefficient (Wildman–Crippen LogP) is 2.88. The first-order chi connectivity index (χ1) is 8.93. The summed E-state index contributed by atoms with van der Waals surface area (Å²) in [5, 5.41) is 11.1. The van der Waals surface area contributed by atoms with E-state index in [-0.39, 0.29) is 16.5 Å². The molecule has 19 heavy (non-hydrogen) atoms. The van der Waals surface area contributed by atoms with E-state index >= 15 is 0 Å². The van der Waals surface area contributed by atoms with Crippen LogP contribution in [0, 0.1) is 12.7 Å². The maximum Gasteiger partial charge on any atom is 0.303 e. The Bertz CT molecular complexity index is 491. The number of benzene rings is 1. The number of nitrogens with one attached hydrogen (secondary N) is 1. The molecule has 0 unspecified atom stereocenters. The molecule has 0 atom stereocenters. The van der Waals surface area contributed by atoms with Crippen LogP contribution >= 0.6 is 15.9 Å². The van der Waals surface area contributed by atoms with Crippen molar-refractivity contribution in [2.24, 2.45) is 0 Å². The molecule has 0 saturated carbocycles. The second kappa shape index (κ2) is 7.23. The third-order valence-corrected chi connectivity index (χ3v) is 3.25. The van der Waals surface area contributed by atoms with Crippen molar-refractivity contribution in [2.45, 2.75) is 26.2 Å². The SMILES string of the molecule is Cc1ccc(Br)c(F)c1C(=O)NCCCCC(=O)O. The lowest BCUT2D eigenvalue weighted by atomic mass is 10.1. The smallest absolute Gasteiger partial charge is 0.303 e. The summed E-state index contributed by atoms with van der Waals surface area (Å²) < 4.78 is 14.1. The van der Waals surface area contributed by atoms with Gasteiger partial charge in [-0.3, -0.25) is 9.59 Å². The van der Waals surface area contributed by atoms with E-state index in [1.807, 2.05) is 0 Å². The minimum Gasteiger partial charge on any atom is -0.481 e. The van der Waals surface area contributed by atoms with Crippen LogP contribution in [0.5, 0.6) is 0 Å². The number of carbonyl (C=O) groups is 2. The van der Waals surface area contributed by atoms with Crippen molar-refractivity contribution in [2.75, 3.05) is 6.54 Å². The van der Waals surface area contributed by atoms with Crippen LogP contribution in [0.25, 0.3) is 0 Å². The average Bonchev–Trinajstić information content (AvgIpc) is 2.33. The lowest BCUT2D eigenvalue weighted by molar-refractivity contribution is -0.137. The monoisotopic (exact) mass is 331 g/mol. The first-order valence-electron chi connectivity index (χ1n) is 5.88. The maximum atomic E-state index is 13.8. The van der Waals surface area contributed by atoms with E-state index in [9.17, 15) is 14.0 Å². The van der Waals surface area contributed by atoms with Crippen LogP contribution in [-0.2, 0) is 4.79 Å². The van der Waals surface area contributed by atoms with Gasteiger partial charge in [-0.05, 0) is 47.3 Å². The van der Waals surface area contributed by atoms with Gasteiger partial charge in [-0.1, -0.05) is 6.07 Å². The van der Waals surface area contributed by atoms with Gasteiger partial charge in [0.1, 0.15) is 5.82 Å². The summed E-state index contributed by atoms with van der Waals surface area (Å²) in [6.07, 6.45) is 1.10. The highest BCUT2D eigenvalue weighted by Crippen LogP contribution is 2.21. The lowest BCUT2D eigenvalue weighted by Crippen LogP contribution is -2.26. The third-order valence-electron chi connectivity index (χ3n) is 2.63. The number of aryl methyl sites for hydroxylation is 1. The van der Waals surface area contributed by atoms with Crippen LogP contribution in [0.3, 0.4) is 0 Å². The maximum absolute atomic E-state index is 13.8. The molecule has 1 aromatic rings. The molecule has 1 rings (SSSR count). The summed E-state index contributed by atoms with van der Waals surface area (Å²) in [4.78, 5) is 22.1. The van der Waals surface area contributed by atoms with Crippen LogP contribution in [0.2, 0.25) is 0 Å². The van der Waals surface area contributed by atoms with Crippen molar-refractivity contribution >= 4 is 27.8 Å². The predicted molar refractivity (Wildman–Crippen MR) is 72.7 cm³/mol. The van der Waals surface area contributed by atoms with Crippen molar-refractivity contribution in [1.82, 2.24) is 5.32 Å². The van der Waals surface area contributed by atoms with E-state index in [1.165, 1.54) is 0 Å². The number of aliphatic carboxylic acids is 1.